The Morgan fingerprint density at radius 1 is 1.64 bits per heavy atom. The predicted octanol–water partition coefficient (Wildman–Crippen LogP) is 2.76. The number of halogens is 1. The molecule has 6 nitrogen and oxygen atoms in total. The van der Waals surface area contributed by atoms with E-state index in [0.29, 0.717) is 5.92 Å². The molecule has 0 spiro atoms. The second-order valence-corrected chi connectivity index (χ2v) is 6.56. The lowest BCUT2D eigenvalue weighted by molar-refractivity contribution is -0.119. The average molecular weight is 367 g/mol. The van der Waals surface area contributed by atoms with Crippen LogP contribution in [-0.2, 0) is 9.53 Å². The first-order valence-corrected chi connectivity index (χ1v) is 8.08. The third-order valence-corrected chi connectivity index (χ3v) is 4.50. The second-order valence-electron chi connectivity index (χ2n) is 5.70. The van der Waals surface area contributed by atoms with E-state index >= 15 is 0 Å². The molecule has 2 N–H and O–H groups in total. The number of amides is 1. The Balaban J connectivity index is 2.04. The van der Waals surface area contributed by atoms with Crippen molar-refractivity contribution in [3.63, 3.8) is 0 Å². The van der Waals surface area contributed by atoms with E-state index in [1.165, 1.54) is 13.5 Å². The molecule has 1 unspecified atom stereocenters. The van der Waals surface area contributed by atoms with Gasteiger partial charge in [-0.1, -0.05) is 6.92 Å². The Kier molecular flexibility index (Phi) is 4.35. The first-order valence-electron chi connectivity index (χ1n) is 7.29. The number of carbonyl (C=O) groups is 1. The summed E-state index contributed by atoms with van der Waals surface area (Å²) in [5, 5.41) is 3.82. The van der Waals surface area contributed by atoms with Gasteiger partial charge in [0.2, 0.25) is 5.91 Å². The highest BCUT2D eigenvalue weighted by atomic mass is 79.9. The van der Waals surface area contributed by atoms with Crippen LogP contribution in [0.5, 0.6) is 0 Å². The van der Waals surface area contributed by atoms with E-state index in [1.807, 2.05) is 0 Å². The number of nitrogens with one attached hydrogen (secondary N) is 2. The molecular weight excluding hydrogens is 348 g/mol. The molecule has 1 amide bonds. The highest BCUT2D eigenvalue weighted by molar-refractivity contribution is 9.10. The van der Waals surface area contributed by atoms with Crippen molar-refractivity contribution in [2.45, 2.75) is 13.3 Å². The van der Waals surface area contributed by atoms with Crippen LogP contribution in [0.3, 0.4) is 0 Å². The number of methoxy groups -OCH3 is 1. The summed E-state index contributed by atoms with van der Waals surface area (Å²) in [5.74, 6) is 0.490. The van der Waals surface area contributed by atoms with Crippen LogP contribution in [0.1, 0.15) is 13.3 Å². The summed E-state index contributed by atoms with van der Waals surface area (Å²) in [6.45, 7) is 4.30. The summed E-state index contributed by atoms with van der Waals surface area (Å²) >= 11 is 3.61. The number of aromatic nitrogens is 2. The first-order chi connectivity index (χ1) is 10.6. The topological polar surface area (TPSA) is 70.2 Å². The Morgan fingerprint density at radius 3 is 3.14 bits per heavy atom. The van der Waals surface area contributed by atoms with Gasteiger partial charge in [-0.05, 0) is 28.3 Å². The van der Waals surface area contributed by atoms with Crippen molar-refractivity contribution in [1.82, 2.24) is 9.97 Å². The van der Waals surface area contributed by atoms with Gasteiger partial charge in [0.25, 0.3) is 0 Å². The van der Waals surface area contributed by atoms with Gasteiger partial charge in [-0.3, -0.25) is 4.79 Å². The number of anilines is 2. The predicted molar refractivity (Wildman–Crippen MR) is 90.3 cm³/mol. The molecule has 118 valence electrons. The zero-order chi connectivity index (χ0) is 15.7. The minimum atomic E-state index is -0.177. The Bertz CT molecular complexity index is 700. The van der Waals surface area contributed by atoms with E-state index in [2.05, 4.69) is 43.0 Å². The Hall–Kier alpha value is -1.60. The van der Waals surface area contributed by atoms with Crippen molar-refractivity contribution in [1.29, 1.82) is 0 Å². The summed E-state index contributed by atoms with van der Waals surface area (Å²) in [4.78, 5) is 21.7. The van der Waals surface area contributed by atoms with Gasteiger partial charge in [0.1, 0.15) is 12.3 Å². The van der Waals surface area contributed by atoms with Crippen molar-refractivity contribution in [3.8, 4) is 0 Å². The van der Waals surface area contributed by atoms with E-state index in [1.54, 1.807) is 12.4 Å². The molecule has 1 fully saturated rings. The summed E-state index contributed by atoms with van der Waals surface area (Å²) in [5.41, 5.74) is 2.59. The van der Waals surface area contributed by atoms with Gasteiger partial charge >= 0.3 is 0 Å². The standard InChI is InChI=1S/C15H19BrN4O2/c1-9-3-4-20(7-9)14-10(16)5-17-15-13(14)11(6-18-15)19-12(21)8-22-2/h5-6,9H,3-4,7-8H2,1-2H3,(H,17,18)(H,19,21). The first kappa shape index (κ1) is 15.3. The summed E-state index contributed by atoms with van der Waals surface area (Å²) in [6, 6.07) is 0. The molecule has 1 atom stereocenters. The molecule has 0 saturated carbocycles. The third kappa shape index (κ3) is 2.83. The molecule has 7 heteroatoms. The normalized spacial score (nSPS) is 18.1. The van der Waals surface area contributed by atoms with E-state index < -0.39 is 0 Å². The molecule has 2 aromatic heterocycles. The van der Waals surface area contributed by atoms with Crippen LogP contribution >= 0.6 is 15.9 Å². The van der Waals surface area contributed by atoms with Crippen molar-refractivity contribution in [2.75, 3.05) is 37.0 Å². The number of nitrogens with zero attached hydrogens (tertiary/aromatic N) is 2. The number of ether oxygens (including phenoxy) is 1. The van der Waals surface area contributed by atoms with Crippen molar-refractivity contribution < 1.29 is 9.53 Å². The van der Waals surface area contributed by atoms with Crippen molar-refractivity contribution in [3.05, 3.63) is 16.9 Å². The zero-order valence-electron chi connectivity index (χ0n) is 12.6. The van der Waals surface area contributed by atoms with Crippen molar-refractivity contribution >= 4 is 44.2 Å². The van der Waals surface area contributed by atoms with Gasteiger partial charge in [0.05, 0.1) is 21.2 Å². The molecule has 0 aliphatic carbocycles. The highest BCUT2D eigenvalue weighted by Crippen LogP contribution is 2.39. The van der Waals surface area contributed by atoms with Gasteiger partial charge in [0.15, 0.2) is 0 Å². The monoisotopic (exact) mass is 366 g/mol. The average Bonchev–Trinajstić information content (AvgIpc) is 3.06. The van der Waals surface area contributed by atoms with Gasteiger partial charge < -0.3 is 19.9 Å². The number of aromatic amines is 1. The lowest BCUT2D eigenvalue weighted by atomic mass is 10.2. The minimum absolute atomic E-state index is 0.0319. The molecule has 2 aromatic rings. The molecule has 0 bridgehead atoms. The fraction of sp³-hybridized carbons (Fsp3) is 0.467. The van der Waals surface area contributed by atoms with Crippen LogP contribution in [0.2, 0.25) is 0 Å². The SMILES string of the molecule is COCC(=O)Nc1c[nH]c2ncc(Br)c(N3CCC(C)C3)c12. The van der Waals surface area contributed by atoms with Gasteiger partial charge in [-0.2, -0.15) is 0 Å². The van der Waals surface area contributed by atoms with Crippen LogP contribution in [0.15, 0.2) is 16.9 Å². The number of carbonyl (C=O) groups excluding carboxylic acids is 1. The summed E-state index contributed by atoms with van der Waals surface area (Å²) in [7, 11) is 1.50. The van der Waals surface area contributed by atoms with E-state index in [4.69, 9.17) is 4.74 Å². The molecule has 0 aromatic carbocycles. The quantitative estimate of drug-likeness (QED) is 0.872. The molecule has 3 heterocycles. The van der Waals surface area contributed by atoms with Crippen LogP contribution in [0.25, 0.3) is 11.0 Å². The number of rotatable bonds is 4. The van der Waals surface area contributed by atoms with Gasteiger partial charge in [0, 0.05) is 32.6 Å². The molecule has 0 radical (unpaired) electrons. The minimum Gasteiger partial charge on any atom is -0.375 e. The van der Waals surface area contributed by atoms with Gasteiger partial charge in [-0.15, -0.1) is 0 Å². The summed E-state index contributed by atoms with van der Waals surface area (Å²) < 4.78 is 5.82. The molecule has 3 rings (SSSR count). The maximum Gasteiger partial charge on any atom is 0.250 e. The largest absolute Gasteiger partial charge is 0.375 e. The Labute approximate surface area is 137 Å². The maximum absolute atomic E-state index is 11.8. The lowest BCUT2D eigenvalue weighted by Gasteiger charge is -2.21. The smallest absolute Gasteiger partial charge is 0.250 e. The molecule has 1 aliphatic rings. The third-order valence-electron chi connectivity index (χ3n) is 3.92. The molecule has 22 heavy (non-hydrogen) atoms. The van der Waals surface area contributed by atoms with Crippen LogP contribution < -0.4 is 10.2 Å². The summed E-state index contributed by atoms with van der Waals surface area (Å²) in [6.07, 6.45) is 4.75. The Morgan fingerprint density at radius 2 is 2.45 bits per heavy atom. The van der Waals surface area contributed by atoms with Crippen LogP contribution in [0, 0.1) is 5.92 Å². The molecule has 1 saturated heterocycles. The molecule has 1 aliphatic heterocycles. The maximum atomic E-state index is 11.8. The van der Waals surface area contributed by atoms with E-state index in [0.717, 1.165) is 40.0 Å². The van der Waals surface area contributed by atoms with Crippen molar-refractivity contribution in [2.24, 2.45) is 5.92 Å². The van der Waals surface area contributed by atoms with Crippen LogP contribution in [-0.4, -0.2) is 42.7 Å². The fourth-order valence-corrected chi connectivity index (χ4v) is 3.47. The zero-order valence-corrected chi connectivity index (χ0v) is 14.2. The fourth-order valence-electron chi connectivity index (χ4n) is 2.92. The number of hydrogen-bond acceptors (Lipinski definition) is 4. The number of H-pyrrole nitrogens is 1. The lowest BCUT2D eigenvalue weighted by Crippen LogP contribution is -2.21. The van der Waals surface area contributed by atoms with E-state index in [9.17, 15) is 4.79 Å². The molecular formula is C15H19BrN4O2. The number of hydrogen-bond donors (Lipinski definition) is 2. The highest BCUT2D eigenvalue weighted by Gasteiger charge is 2.25. The second kappa shape index (κ2) is 6.26. The number of fused-ring (bicyclic) bond motifs is 1. The number of pyridine rings is 1. The van der Waals surface area contributed by atoms with Gasteiger partial charge in [-0.25, -0.2) is 4.98 Å². The van der Waals surface area contributed by atoms with E-state index in [-0.39, 0.29) is 12.5 Å². The van der Waals surface area contributed by atoms with Crippen LogP contribution in [0.4, 0.5) is 11.4 Å².